The predicted octanol–water partition coefficient (Wildman–Crippen LogP) is 2.70. The van der Waals surface area contributed by atoms with Crippen LogP contribution in [0.1, 0.15) is 31.0 Å². The molecular weight excluding hydrogens is 482 g/mol. The molecule has 148 valence electrons. The Morgan fingerprint density at radius 3 is 2.73 bits per heavy atom. The van der Waals surface area contributed by atoms with Crippen LogP contribution in [0, 0.1) is 5.92 Å². The van der Waals surface area contributed by atoms with Gasteiger partial charge < -0.3 is 15.5 Å². The summed E-state index contributed by atoms with van der Waals surface area (Å²) in [6, 6.07) is 0.0657. The highest BCUT2D eigenvalue weighted by Crippen LogP contribution is 2.29. The zero-order valence-electron chi connectivity index (χ0n) is 14.8. The summed E-state index contributed by atoms with van der Waals surface area (Å²) in [6.07, 6.45) is -3.63. The number of halogens is 4. The second kappa shape index (κ2) is 9.72. The third-order valence-corrected chi connectivity index (χ3v) is 4.66. The van der Waals surface area contributed by atoms with Gasteiger partial charge in [-0.25, -0.2) is 4.98 Å². The SMILES string of the molecule is CN=C(NCc1nc(C(F)(F)F)cs1)NC1CCN(C(=O)C(C)C)C1.I. The number of aromatic nitrogens is 1. The number of hydrogen-bond donors (Lipinski definition) is 2. The third kappa shape index (κ3) is 6.25. The van der Waals surface area contributed by atoms with Crippen LogP contribution in [0.15, 0.2) is 10.4 Å². The third-order valence-electron chi connectivity index (χ3n) is 3.81. The summed E-state index contributed by atoms with van der Waals surface area (Å²) in [6.45, 7) is 5.17. The molecule has 0 saturated carbocycles. The van der Waals surface area contributed by atoms with Crippen LogP contribution in [0.3, 0.4) is 0 Å². The lowest BCUT2D eigenvalue weighted by molar-refractivity contribution is -0.140. The zero-order valence-corrected chi connectivity index (χ0v) is 17.9. The number of carbonyl (C=O) groups is 1. The smallest absolute Gasteiger partial charge is 0.352 e. The number of hydrogen-bond acceptors (Lipinski definition) is 4. The van der Waals surface area contributed by atoms with Crippen molar-refractivity contribution in [3.8, 4) is 0 Å². The van der Waals surface area contributed by atoms with E-state index >= 15 is 0 Å². The summed E-state index contributed by atoms with van der Waals surface area (Å²) in [5.74, 6) is 0.561. The first-order valence-electron chi connectivity index (χ1n) is 7.98. The standard InChI is InChI=1S/C15H22F3N5OS.HI/c1-9(2)13(24)23-5-4-10(7-23)21-14(19-3)20-6-12-22-11(8-25-12)15(16,17)18;/h8-10H,4-7H2,1-3H3,(H2,19,20,21);1H. The zero-order chi connectivity index (χ0) is 18.6. The molecule has 2 heterocycles. The van der Waals surface area contributed by atoms with Gasteiger partial charge in [0.2, 0.25) is 5.91 Å². The molecule has 11 heteroatoms. The number of nitrogens with zero attached hydrogens (tertiary/aromatic N) is 3. The fourth-order valence-corrected chi connectivity index (χ4v) is 3.25. The Morgan fingerprint density at radius 1 is 1.50 bits per heavy atom. The van der Waals surface area contributed by atoms with Gasteiger partial charge in [0, 0.05) is 37.5 Å². The number of carbonyl (C=O) groups excluding carboxylic acids is 1. The normalized spacial score (nSPS) is 18.0. The number of alkyl halides is 3. The molecule has 0 aliphatic carbocycles. The summed E-state index contributed by atoms with van der Waals surface area (Å²) < 4.78 is 37.7. The van der Waals surface area contributed by atoms with Gasteiger partial charge in [-0.15, -0.1) is 35.3 Å². The molecule has 1 fully saturated rings. The minimum absolute atomic E-state index is 0. The van der Waals surface area contributed by atoms with Crippen LogP contribution in [-0.2, 0) is 17.5 Å². The Hall–Kier alpha value is -1.11. The Kier molecular flexibility index (Phi) is 8.57. The number of aliphatic imine (C=N–C) groups is 1. The molecule has 1 aliphatic heterocycles. The molecule has 1 unspecified atom stereocenters. The van der Waals surface area contributed by atoms with E-state index in [-0.39, 0.29) is 48.4 Å². The van der Waals surface area contributed by atoms with Gasteiger partial charge in [0.1, 0.15) is 5.01 Å². The second-order valence-electron chi connectivity index (χ2n) is 6.12. The Labute approximate surface area is 171 Å². The van der Waals surface area contributed by atoms with Gasteiger partial charge in [-0.2, -0.15) is 13.2 Å². The number of thiazole rings is 1. The first-order chi connectivity index (χ1) is 11.7. The average Bonchev–Trinajstić information content (AvgIpc) is 3.19. The Bertz CT molecular complexity index is 635. The van der Waals surface area contributed by atoms with Crippen LogP contribution in [-0.4, -0.2) is 47.9 Å². The molecule has 0 radical (unpaired) electrons. The van der Waals surface area contributed by atoms with Gasteiger partial charge in [-0.05, 0) is 6.42 Å². The average molecular weight is 505 g/mol. The topological polar surface area (TPSA) is 69.6 Å². The van der Waals surface area contributed by atoms with E-state index in [2.05, 4.69) is 20.6 Å². The summed E-state index contributed by atoms with van der Waals surface area (Å²) in [4.78, 5) is 21.4. The monoisotopic (exact) mass is 505 g/mol. The van der Waals surface area contributed by atoms with Crippen LogP contribution in [0.4, 0.5) is 13.2 Å². The molecule has 2 rings (SSSR count). The van der Waals surface area contributed by atoms with E-state index in [1.165, 1.54) is 0 Å². The fraction of sp³-hybridized carbons (Fsp3) is 0.667. The second-order valence-corrected chi connectivity index (χ2v) is 7.06. The van der Waals surface area contributed by atoms with Gasteiger partial charge in [-0.3, -0.25) is 9.79 Å². The Balaban J connectivity index is 0.00000338. The maximum Gasteiger partial charge on any atom is 0.434 e. The van der Waals surface area contributed by atoms with E-state index < -0.39 is 11.9 Å². The number of nitrogens with one attached hydrogen (secondary N) is 2. The molecule has 1 saturated heterocycles. The predicted molar refractivity (Wildman–Crippen MR) is 106 cm³/mol. The molecule has 0 aromatic carbocycles. The van der Waals surface area contributed by atoms with Crippen molar-refractivity contribution in [3.63, 3.8) is 0 Å². The van der Waals surface area contributed by atoms with E-state index in [0.29, 0.717) is 24.1 Å². The van der Waals surface area contributed by atoms with E-state index in [1.54, 1.807) is 7.05 Å². The van der Waals surface area contributed by atoms with Crippen molar-refractivity contribution >= 4 is 47.2 Å². The van der Waals surface area contributed by atoms with Crippen LogP contribution in [0.5, 0.6) is 0 Å². The molecule has 1 aromatic heterocycles. The van der Waals surface area contributed by atoms with Crippen LogP contribution in [0.25, 0.3) is 0 Å². The summed E-state index contributed by atoms with van der Waals surface area (Å²) >= 11 is 0.950. The van der Waals surface area contributed by atoms with Crippen molar-refractivity contribution in [1.82, 2.24) is 20.5 Å². The summed E-state index contributed by atoms with van der Waals surface area (Å²) in [7, 11) is 1.59. The largest absolute Gasteiger partial charge is 0.434 e. The lowest BCUT2D eigenvalue weighted by atomic mass is 10.2. The molecule has 2 N–H and O–H groups in total. The van der Waals surface area contributed by atoms with Gasteiger partial charge in [0.05, 0.1) is 6.54 Å². The number of guanidine groups is 1. The molecular formula is C15H23F3IN5OS. The minimum atomic E-state index is -4.43. The lowest BCUT2D eigenvalue weighted by Crippen LogP contribution is -2.45. The van der Waals surface area contributed by atoms with Crippen molar-refractivity contribution < 1.29 is 18.0 Å². The van der Waals surface area contributed by atoms with Crippen molar-refractivity contribution in [2.75, 3.05) is 20.1 Å². The van der Waals surface area contributed by atoms with Crippen molar-refractivity contribution in [2.45, 2.75) is 39.0 Å². The van der Waals surface area contributed by atoms with Crippen LogP contribution < -0.4 is 10.6 Å². The first-order valence-corrected chi connectivity index (χ1v) is 8.86. The quantitative estimate of drug-likeness (QED) is 0.375. The number of amides is 1. The molecule has 1 amide bonds. The number of likely N-dealkylation sites (tertiary alicyclic amines) is 1. The van der Waals surface area contributed by atoms with Crippen molar-refractivity contribution in [3.05, 3.63) is 16.1 Å². The van der Waals surface area contributed by atoms with Crippen LogP contribution in [0.2, 0.25) is 0 Å². The highest BCUT2D eigenvalue weighted by atomic mass is 127. The van der Waals surface area contributed by atoms with E-state index in [0.717, 1.165) is 23.1 Å². The lowest BCUT2D eigenvalue weighted by Gasteiger charge is -2.20. The van der Waals surface area contributed by atoms with E-state index in [4.69, 9.17) is 0 Å². The van der Waals surface area contributed by atoms with Gasteiger partial charge in [-0.1, -0.05) is 13.8 Å². The molecule has 26 heavy (non-hydrogen) atoms. The van der Waals surface area contributed by atoms with E-state index in [9.17, 15) is 18.0 Å². The maximum atomic E-state index is 12.6. The van der Waals surface area contributed by atoms with Gasteiger partial charge in [0.15, 0.2) is 11.7 Å². The molecule has 1 atom stereocenters. The first kappa shape index (κ1) is 22.9. The van der Waals surface area contributed by atoms with Gasteiger partial charge in [0.25, 0.3) is 0 Å². The molecule has 1 aromatic rings. The summed E-state index contributed by atoms with van der Waals surface area (Å²) in [5.41, 5.74) is -0.879. The molecule has 0 spiro atoms. The minimum Gasteiger partial charge on any atom is -0.352 e. The number of rotatable bonds is 4. The van der Waals surface area contributed by atoms with Gasteiger partial charge >= 0.3 is 6.18 Å². The highest BCUT2D eigenvalue weighted by molar-refractivity contribution is 14.0. The van der Waals surface area contributed by atoms with E-state index in [1.807, 2.05) is 18.7 Å². The maximum absolute atomic E-state index is 12.6. The van der Waals surface area contributed by atoms with Crippen molar-refractivity contribution in [2.24, 2.45) is 10.9 Å². The highest BCUT2D eigenvalue weighted by Gasteiger charge is 2.33. The summed E-state index contributed by atoms with van der Waals surface area (Å²) in [5, 5.41) is 7.49. The molecule has 1 aliphatic rings. The van der Waals surface area contributed by atoms with Crippen molar-refractivity contribution in [1.29, 1.82) is 0 Å². The molecule has 0 bridgehead atoms. The van der Waals surface area contributed by atoms with Crippen LogP contribution >= 0.6 is 35.3 Å². The fourth-order valence-electron chi connectivity index (χ4n) is 2.51. The Morgan fingerprint density at radius 2 is 2.19 bits per heavy atom. The molecule has 6 nitrogen and oxygen atoms in total.